The van der Waals surface area contributed by atoms with Gasteiger partial charge in [0.2, 0.25) is 15.9 Å². The van der Waals surface area contributed by atoms with Crippen LogP contribution in [0.15, 0.2) is 53.7 Å². The largest absolute Gasteiger partial charge is 0.326 e. The summed E-state index contributed by atoms with van der Waals surface area (Å²) in [6.45, 7) is 4.06. The van der Waals surface area contributed by atoms with Gasteiger partial charge in [0.15, 0.2) is 0 Å². The second kappa shape index (κ2) is 5.68. The predicted molar refractivity (Wildman–Crippen MR) is 90.7 cm³/mol. The number of sulfonamides is 1. The topological polar surface area (TPSA) is 102 Å². The van der Waals surface area contributed by atoms with Crippen LogP contribution in [0.25, 0.3) is 0 Å². The second-order valence-corrected chi connectivity index (χ2v) is 8.18. The van der Waals surface area contributed by atoms with Gasteiger partial charge in [-0.25, -0.2) is 13.6 Å². The molecule has 1 heterocycles. The Hall–Kier alpha value is -2.25. The number of hydrogen-bond donors (Lipinski definition) is 2. The molecule has 6 nitrogen and oxygen atoms in total. The Morgan fingerprint density at radius 3 is 2.25 bits per heavy atom. The standard InChI is InChI=1S/C17H19N3O3S/c1-17(2)14(11-3-5-13(6-4-11)24(18,22)23)15(17)16(21)20-12-7-9-19-10-8-12/h3-10,14-15H,1-2H3,(H2,18,22,23)(H,19,20,21)/t14-,15+/m1/s1. The molecule has 0 aliphatic heterocycles. The van der Waals surface area contributed by atoms with Crippen molar-refractivity contribution in [2.45, 2.75) is 24.7 Å². The van der Waals surface area contributed by atoms with Crippen molar-refractivity contribution in [1.82, 2.24) is 4.98 Å². The van der Waals surface area contributed by atoms with E-state index in [-0.39, 0.29) is 28.1 Å². The molecule has 7 heteroatoms. The lowest BCUT2D eigenvalue weighted by Gasteiger charge is -2.05. The zero-order valence-electron chi connectivity index (χ0n) is 13.4. The first-order valence-electron chi connectivity index (χ1n) is 7.55. The van der Waals surface area contributed by atoms with Gasteiger partial charge in [0.25, 0.3) is 0 Å². The molecule has 1 aromatic carbocycles. The van der Waals surface area contributed by atoms with Crippen LogP contribution in [-0.2, 0) is 14.8 Å². The minimum atomic E-state index is -3.71. The van der Waals surface area contributed by atoms with Crippen LogP contribution in [0, 0.1) is 11.3 Å². The van der Waals surface area contributed by atoms with E-state index in [0.29, 0.717) is 5.69 Å². The fourth-order valence-corrected chi connectivity index (χ4v) is 3.78. The molecule has 24 heavy (non-hydrogen) atoms. The first-order valence-corrected chi connectivity index (χ1v) is 9.09. The summed E-state index contributed by atoms with van der Waals surface area (Å²) >= 11 is 0. The van der Waals surface area contributed by atoms with Crippen molar-refractivity contribution in [1.29, 1.82) is 0 Å². The fourth-order valence-electron chi connectivity index (χ4n) is 3.27. The minimum Gasteiger partial charge on any atom is -0.326 e. The molecule has 1 fully saturated rings. The number of primary sulfonamides is 1. The predicted octanol–water partition coefficient (Wildman–Crippen LogP) is 2.11. The van der Waals surface area contributed by atoms with Crippen molar-refractivity contribution < 1.29 is 13.2 Å². The average Bonchev–Trinajstić information content (AvgIpc) is 3.10. The lowest BCUT2D eigenvalue weighted by molar-refractivity contribution is -0.118. The number of rotatable bonds is 4. The Kier molecular flexibility index (Phi) is 3.93. The highest BCUT2D eigenvalue weighted by Gasteiger charge is 2.62. The quantitative estimate of drug-likeness (QED) is 0.886. The van der Waals surface area contributed by atoms with Crippen LogP contribution in [0.5, 0.6) is 0 Å². The van der Waals surface area contributed by atoms with Crippen LogP contribution >= 0.6 is 0 Å². The summed E-state index contributed by atoms with van der Waals surface area (Å²) in [5.74, 6) is -0.188. The number of nitrogens with zero attached hydrogens (tertiary/aromatic N) is 1. The summed E-state index contributed by atoms with van der Waals surface area (Å²) in [7, 11) is -3.71. The number of carbonyl (C=O) groups is 1. The summed E-state index contributed by atoms with van der Waals surface area (Å²) in [5, 5.41) is 8.02. The number of carbonyl (C=O) groups excluding carboxylic acids is 1. The van der Waals surface area contributed by atoms with E-state index >= 15 is 0 Å². The molecule has 0 radical (unpaired) electrons. The van der Waals surface area contributed by atoms with Gasteiger partial charge < -0.3 is 5.32 Å². The van der Waals surface area contributed by atoms with Gasteiger partial charge in [-0.05, 0) is 35.2 Å². The van der Waals surface area contributed by atoms with E-state index in [2.05, 4.69) is 10.3 Å². The highest BCUT2D eigenvalue weighted by Crippen LogP contribution is 2.64. The second-order valence-electron chi connectivity index (χ2n) is 6.62. The lowest BCUT2D eigenvalue weighted by atomic mass is 10.0. The Labute approximate surface area is 141 Å². The fraction of sp³-hybridized carbons (Fsp3) is 0.294. The van der Waals surface area contributed by atoms with Gasteiger partial charge in [-0.3, -0.25) is 9.78 Å². The number of nitrogens with one attached hydrogen (secondary N) is 1. The molecule has 1 aliphatic carbocycles. The summed E-state index contributed by atoms with van der Waals surface area (Å²) < 4.78 is 22.7. The Bertz CT molecular complexity index is 862. The van der Waals surface area contributed by atoms with Crippen LogP contribution in [-0.4, -0.2) is 19.3 Å². The third-order valence-electron chi connectivity index (χ3n) is 4.63. The Morgan fingerprint density at radius 1 is 1.12 bits per heavy atom. The summed E-state index contributed by atoms with van der Waals surface area (Å²) in [6.07, 6.45) is 3.24. The van der Waals surface area contributed by atoms with Gasteiger partial charge in [0.05, 0.1) is 10.8 Å². The van der Waals surface area contributed by atoms with Crippen molar-refractivity contribution in [2.75, 3.05) is 5.32 Å². The summed E-state index contributed by atoms with van der Waals surface area (Å²) in [5.41, 5.74) is 1.45. The molecule has 0 unspecified atom stereocenters. The molecule has 2 aromatic rings. The van der Waals surface area contributed by atoms with Crippen LogP contribution in [0.4, 0.5) is 5.69 Å². The van der Waals surface area contributed by atoms with E-state index in [0.717, 1.165) is 5.56 Å². The lowest BCUT2D eigenvalue weighted by Crippen LogP contribution is -2.16. The molecule has 126 valence electrons. The molecule has 3 N–H and O–H groups in total. The molecule has 1 aromatic heterocycles. The monoisotopic (exact) mass is 345 g/mol. The maximum Gasteiger partial charge on any atom is 0.238 e. The SMILES string of the molecule is CC1(C)[C@H](C(=O)Nc2ccncc2)[C@H]1c1ccc(S(N)(=O)=O)cc1. The van der Waals surface area contributed by atoms with E-state index in [1.165, 1.54) is 12.1 Å². The average molecular weight is 345 g/mol. The van der Waals surface area contributed by atoms with Crippen LogP contribution in [0.2, 0.25) is 0 Å². The summed E-state index contributed by atoms with van der Waals surface area (Å²) in [4.78, 5) is 16.5. The Morgan fingerprint density at radius 2 is 1.71 bits per heavy atom. The molecule has 2 atom stereocenters. The summed E-state index contributed by atoms with van der Waals surface area (Å²) in [6, 6.07) is 9.90. The molecule has 0 bridgehead atoms. The minimum absolute atomic E-state index is 0.0360. The van der Waals surface area contributed by atoms with Gasteiger partial charge >= 0.3 is 0 Å². The normalized spacial score (nSPS) is 22.0. The van der Waals surface area contributed by atoms with Crippen LogP contribution < -0.4 is 10.5 Å². The van der Waals surface area contributed by atoms with Gasteiger partial charge in [0, 0.05) is 24.0 Å². The Balaban J connectivity index is 1.78. The van der Waals surface area contributed by atoms with Crippen molar-refractivity contribution in [3.63, 3.8) is 0 Å². The highest BCUT2D eigenvalue weighted by atomic mass is 32.2. The maximum absolute atomic E-state index is 12.6. The van der Waals surface area contributed by atoms with Gasteiger partial charge in [0.1, 0.15) is 0 Å². The first-order chi connectivity index (χ1) is 11.2. The first kappa shape index (κ1) is 16.6. The van der Waals surface area contributed by atoms with Crippen molar-refractivity contribution in [2.24, 2.45) is 16.5 Å². The van der Waals surface area contributed by atoms with Crippen molar-refractivity contribution in [3.8, 4) is 0 Å². The van der Waals surface area contributed by atoms with E-state index < -0.39 is 10.0 Å². The number of pyridine rings is 1. The van der Waals surface area contributed by atoms with Crippen molar-refractivity contribution in [3.05, 3.63) is 54.4 Å². The third-order valence-corrected chi connectivity index (χ3v) is 5.55. The van der Waals surface area contributed by atoms with Gasteiger partial charge in [-0.1, -0.05) is 26.0 Å². The zero-order valence-corrected chi connectivity index (χ0v) is 14.2. The van der Waals surface area contributed by atoms with Crippen LogP contribution in [0.1, 0.15) is 25.3 Å². The molecule has 0 saturated heterocycles. The number of aromatic nitrogens is 1. The number of anilines is 1. The molecule has 3 rings (SSSR count). The highest BCUT2D eigenvalue weighted by molar-refractivity contribution is 7.89. The van der Waals surface area contributed by atoms with E-state index in [9.17, 15) is 13.2 Å². The number of amides is 1. The molecular formula is C17H19N3O3S. The third kappa shape index (κ3) is 3.05. The van der Waals surface area contributed by atoms with E-state index in [1.54, 1.807) is 36.7 Å². The molecule has 0 spiro atoms. The molecule has 1 saturated carbocycles. The van der Waals surface area contributed by atoms with Crippen molar-refractivity contribution >= 4 is 21.6 Å². The number of hydrogen-bond acceptors (Lipinski definition) is 4. The van der Waals surface area contributed by atoms with E-state index in [4.69, 9.17) is 5.14 Å². The number of benzene rings is 1. The molecular weight excluding hydrogens is 326 g/mol. The molecule has 1 amide bonds. The molecule has 1 aliphatic rings. The van der Waals surface area contributed by atoms with E-state index in [1.807, 2.05) is 13.8 Å². The van der Waals surface area contributed by atoms with Crippen LogP contribution in [0.3, 0.4) is 0 Å². The van der Waals surface area contributed by atoms with Gasteiger partial charge in [-0.2, -0.15) is 0 Å². The maximum atomic E-state index is 12.6. The smallest absolute Gasteiger partial charge is 0.238 e. The number of nitrogens with two attached hydrogens (primary N) is 1. The van der Waals surface area contributed by atoms with Gasteiger partial charge in [-0.15, -0.1) is 0 Å². The zero-order chi connectivity index (χ0) is 17.5.